The van der Waals surface area contributed by atoms with Crippen molar-refractivity contribution >= 4 is 16.9 Å². The number of carbonyl (C=O) groups is 1. The van der Waals surface area contributed by atoms with Crippen molar-refractivity contribution in [1.29, 1.82) is 0 Å². The summed E-state index contributed by atoms with van der Waals surface area (Å²) in [5.74, 6) is -0.961. The highest BCUT2D eigenvalue weighted by molar-refractivity contribution is 5.86. The lowest BCUT2D eigenvalue weighted by Crippen LogP contribution is -2.60. The first-order valence-electron chi connectivity index (χ1n) is 10.2. The van der Waals surface area contributed by atoms with Crippen molar-refractivity contribution in [1.82, 2.24) is 0 Å². The SMILES string of the molecule is CC(=O)OCC1OC(Oc2cc(O)c3c(=O)cc(-c4ccc(O)cc4)oc3c2)C(O)C(O)C1O. The van der Waals surface area contributed by atoms with Crippen LogP contribution >= 0.6 is 0 Å². The number of carbonyl (C=O) groups excluding carboxylic acids is 1. The largest absolute Gasteiger partial charge is 0.508 e. The molecule has 180 valence electrons. The standard InChI is InChI=1S/C23H22O11/c1-10(24)31-9-18-20(28)21(29)22(30)23(34-18)32-13-6-14(26)19-15(27)8-16(33-17(19)7-13)11-2-4-12(25)5-3-11/h2-8,18,20-23,25-26,28-30H,9H2,1H3. The van der Waals surface area contributed by atoms with Crippen LogP contribution in [0, 0.1) is 0 Å². The highest BCUT2D eigenvalue weighted by atomic mass is 16.7. The molecule has 2 heterocycles. The lowest BCUT2D eigenvalue weighted by Gasteiger charge is -2.39. The van der Waals surface area contributed by atoms with Crippen LogP contribution < -0.4 is 10.2 Å². The van der Waals surface area contributed by atoms with Crippen molar-refractivity contribution in [3.63, 3.8) is 0 Å². The number of esters is 1. The third kappa shape index (κ3) is 4.68. The molecule has 1 aliphatic heterocycles. The van der Waals surface area contributed by atoms with E-state index in [1.54, 1.807) is 12.1 Å². The van der Waals surface area contributed by atoms with E-state index in [9.17, 15) is 35.1 Å². The summed E-state index contributed by atoms with van der Waals surface area (Å²) in [5, 5.41) is 50.3. The number of aliphatic hydroxyl groups excluding tert-OH is 3. The van der Waals surface area contributed by atoms with Crippen LogP contribution in [0.1, 0.15) is 6.92 Å². The second kappa shape index (κ2) is 9.31. The molecule has 11 nitrogen and oxygen atoms in total. The Labute approximate surface area is 192 Å². The molecule has 0 bridgehead atoms. The zero-order chi connectivity index (χ0) is 24.6. The molecule has 34 heavy (non-hydrogen) atoms. The number of hydrogen-bond donors (Lipinski definition) is 5. The van der Waals surface area contributed by atoms with E-state index in [0.29, 0.717) is 5.56 Å². The summed E-state index contributed by atoms with van der Waals surface area (Å²) in [6.45, 7) is 0.764. The van der Waals surface area contributed by atoms with Gasteiger partial charge in [0.05, 0.1) is 0 Å². The number of benzene rings is 2. The second-order valence-electron chi connectivity index (χ2n) is 7.77. The Morgan fingerprint density at radius 1 is 1.00 bits per heavy atom. The van der Waals surface area contributed by atoms with Gasteiger partial charge in [-0.25, -0.2) is 0 Å². The van der Waals surface area contributed by atoms with Gasteiger partial charge < -0.3 is 44.2 Å². The molecule has 0 aliphatic carbocycles. The smallest absolute Gasteiger partial charge is 0.302 e. The van der Waals surface area contributed by atoms with Crippen LogP contribution in [-0.2, 0) is 14.3 Å². The van der Waals surface area contributed by atoms with E-state index in [2.05, 4.69) is 0 Å². The first-order valence-corrected chi connectivity index (χ1v) is 10.2. The lowest BCUT2D eigenvalue weighted by atomic mass is 9.99. The molecular formula is C23H22O11. The Morgan fingerprint density at radius 3 is 2.38 bits per heavy atom. The number of aromatic hydroxyl groups is 2. The highest BCUT2D eigenvalue weighted by Crippen LogP contribution is 2.33. The summed E-state index contributed by atoms with van der Waals surface area (Å²) < 4.78 is 21.6. The zero-order valence-corrected chi connectivity index (χ0v) is 17.8. The van der Waals surface area contributed by atoms with Gasteiger partial charge in [0.1, 0.15) is 65.0 Å². The fourth-order valence-electron chi connectivity index (χ4n) is 3.56. The molecule has 3 aromatic rings. The Balaban J connectivity index is 1.65. The summed E-state index contributed by atoms with van der Waals surface area (Å²) in [7, 11) is 0. The van der Waals surface area contributed by atoms with Gasteiger partial charge in [0.2, 0.25) is 6.29 Å². The van der Waals surface area contributed by atoms with Gasteiger partial charge in [0, 0.05) is 30.7 Å². The number of rotatable bonds is 5. The van der Waals surface area contributed by atoms with E-state index >= 15 is 0 Å². The van der Waals surface area contributed by atoms with E-state index in [1.807, 2.05) is 0 Å². The molecule has 1 saturated heterocycles. The summed E-state index contributed by atoms with van der Waals surface area (Å²) in [6, 6.07) is 9.52. The van der Waals surface area contributed by atoms with Crippen molar-refractivity contribution in [2.75, 3.05) is 6.61 Å². The molecule has 0 saturated carbocycles. The molecular weight excluding hydrogens is 452 g/mol. The molecule has 0 spiro atoms. The Morgan fingerprint density at radius 2 is 1.71 bits per heavy atom. The minimum Gasteiger partial charge on any atom is -0.508 e. The van der Waals surface area contributed by atoms with Crippen LogP contribution in [0.2, 0.25) is 0 Å². The van der Waals surface area contributed by atoms with Gasteiger partial charge in [-0.2, -0.15) is 0 Å². The fourth-order valence-corrected chi connectivity index (χ4v) is 3.56. The van der Waals surface area contributed by atoms with E-state index in [0.717, 1.165) is 13.0 Å². The van der Waals surface area contributed by atoms with Crippen molar-refractivity contribution in [3.8, 4) is 28.6 Å². The van der Waals surface area contributed by atoms with Crippen molar-refractivity contribution in [2.45, 2.75) is 37.6 Å². The average Bonchev–Trinajstić information content (AvgIpc) is 2.78. The van der Waals surface area contributed by atoms with Gasteiger partial charge >= 0.3 is 5.97 Å². The molecule has 4 rings (SSSR count). The molecule has 0 radical (unpaired) electrons. The molecule has 0 amide bonds. The van der Waals surface area contributed by atoms with E-state index in [1.165, 1.54) is 24.3 Å². The lowest BCUT2D eigenvalue weighted by molar-refractivity contribution is -0.278. The molecule has 1 aliphatic rings. The van der Waals surface area contributed by atoms with E-state index in [-0.39, 0.29) is 28.2 Å². The maximum atomic E-state index is 12.6. The summed E-state index contributed by atoms with van der Waals surface area (Å²) >= 11 is 0. The Kier molecular flexibility index (Phi) is 6.44. The summed E-state index contributed by atoms with van der Waals surface area (Å²) in [6.07, 6.45) is -7.61. The van der Waals surface area contributed by atoms with Gasteiger partial charge in [-0.3, -0.25) is 9.59 Å². The predicted molar refractivity (Wildman–Crippen MR) is 115 cm³/mol. The summed E-state index contributed by atoms with van der Waals surface area (Å²) in [4.78, 5) is 23.7. The van der Waals surface area contributed by atoms with E-state index < -0.39 is 54.5 Å². The second-order valence-corrected chi connectivity index (χ2v) is 7.77. The first-order chi connectivity index (χ1) is 16.1. The van der Waals surface area contributed by atoms with Crippen LogP contribution in [0.25, 0.3) is 22.3 Å². The number of phenols is 2. The number of aliphatic hydroxyl groups is 3. The zero-order valence-electron chi connectivity index (χ0n) is 17.8. The van der Waals surface area contributed by atoms with Crippen LogP contribution in [0.4, 0.5) is 0 Å². The maximum Gasteiger partial charge on any atom is 0.302 e. The molecule has 5 atom stereocenters. The monoisotopic (exact) mass is 474 g/mol. The van der Waals surface area contributed by atoms with Crippen molar-refractivity contribution < 1.29 is 49.0 Å². The van der Waals surface area contributed by atoms with Gasteiger partial charge in [0.25, 0.3) is 0 Å². The average molecular weight is 474 g/mol. The summed E-state index contributed by atoms with van der Waals surface area (Å²) in [5.41, 5.74) is -0.0608. The number of ether oxygens (including phenoxy) is 3. The third-order valence-corrected chi connectivity index (χ3v) is 5.31. The number of phenolic OH excluding ortho intramolecular Hbond substituents is 2. The Bertz CT molecular complexity index is 1250. The molecule has 5 unspecified atom stereocenters. The first kappa shape index (κ1) is 23.5. The van der Waals surface area contributed by atoms with Crippen LogP contribution in [0.5, 0.6) is 17.2 Å². The van der Waals surface area contributed by atoms with Gasteiger partial charge in [-0.05, 0) is 24.3 Å². The van der Waals surface area contributed by atoms with Crippen molar-refractivity contribution in [3.05, 3.63) is 52.7 Å². The molecule has 1 fully saturated rings. The van der Waals surface area contributed by atoms with Gasteiger partial charge in [0.15, 0.2) is 5.43 Å². The fraction of sp³-hybridized carbons (Fsp3) is 0.304. The van der Waals surface area contributed by atoms with Gasteiger partial charge in [-0.1, -0.05) is 0 Å². The van der Waals surface area contributed by atoms with Crippen LogP contribution in [0.15, 0.2) is 51.7 Å². The number of hydrogen-bond acceptors (Lipinski definition) is 11. The molecule has 1 aromatic heterocycles. The normalized spacial score (nSPS) is 24.6. The van der Waals surface area contributed by atoms with E-state index in [4.69, 9.17) is 18.6 Å². The highest BCUT2D eigenvalue weighted by Gasteiger charge is 2.45. The molecule has 11 heteroatoms. The molecule has 2 aromatic carbocycles. The van der Waals surface area contributed by atoms with Crippen LogP contribution in [0.3, 0.4) is 0 Å². The maximum absolute atomic E-state index is 12.6. The topological polar surface area (TPSA) is 176 Å². The Hall–Kier alpha value is -3.64. The van der Waals surface area contributed by atoms with Gasteiger partial charge in [-0.15, -0.1) is 0 Å². The minimum atomic E-state index is -1.68. The predicted octanol–water partition coefficient (Wildman–Crippen LogP) is 0.621. The number of fused-ring (bicyclic) bond motifs is 1. The molecule has 5 N–H and O–H groups in total. The van der Waals surface area contributed by atoms with Crippen molar-refractivity contribution in [2.24, 2.45) is 0 Å². The quantitative estimate of drug-likeness (QED) is 0.328. The minimum absolute atomic E-state index is 0.0329. The third-order valence-electron chi connectivity index (χ3n) is 5.31. The van der Waals surface area contributed by atoms with Crippen LogP contribution in [-0.4, -0.2) is 68.8 Å².